The van der Waals surface area contributed by atoms with E-state index < -0.39 is 29.2 Å². The number of ether oxygens (including phenoxy) is 4. The Morgan fingerprint density at radius 3 is 2.39 bits per heavy atom. The summed E-state index contributed by atoms with van der Waals surface area (Å²) in [6.07, 6.45) is 0.772. The zero-order valence-corrected chi connectivity index (χ0v) is 15.9. The fourth-order valence-electron chi connectivity index (χ4n) is 2.85. The highest BCUT2D eigenvalue weighted by molar-refractivity contribution is 5.92. The minimum Gasteiger partial charge on any atom is -0.506 e. The second-order valence-corrected chi connectivity index (χ2v) is 5.73. The van der Waals surface area contributed by atoms with E-state index >= 15 is 0 Å². The van der Waals surface area contributed by atoms with Crippen LogP contribution in [0.4, 0.5) is 0 Å². The molecule has 0 spiro atoms. The van der Waals surface area contributed by atoms with Crippen molar-refractivity contribution in [1.82, 2.24) is 4.98 Å². The standard InChI is InChI=1S/C19H21NO8/c1-25-10-5-6-11(14(7-10)26-2)12(8-15(21)27-3)16-17(22)13(19(24)28-4)9-20-18(16)23/h5-7,9,12H,8H2,1-4H3,(H2,20,22,23)/t12-/m1/s1. The number of carbonyl (C=O) groups is 2. The third-order valence-electron chi connectivity index (χ3n) is 4.27. The van der Waals surface area contributed by atoms with Gasteiger partial charge < -0.3 is 29.0 Å². The van der Waals surface area contributed by atoms with Crippen LogP contribution in [0.2, 0.25) is 0 Å². The van der Waals surface area contributed by atoms with Gasteiger partial charge >= 0.3 is 11.9 Å². The lowest BCUT2D eigenvalue weighted by Crippen LogP contribution is -2.22. The van der Waals surface area contributed by atoms with Crippen LogP contribution in [0.15, 0.2) is 29.2 Å². The molecule has 0 unspecified atom stereocenters. The molecular formula is C19H21NO8. The third-order valence-corrected chi connectivity index (χ3v) is 4.27. The van der Waals surface area contributed by atoms with E-state index in [0.717, 1.165) is 13.3 Å². The summed E-state index contributed by atoms with van der Waals surface area (Å²) in [7, 11) is 5.25. The molecule has 0 fully saturated rings. The number of aromatic hydroxyl groups is 1. The van der Waals surface area contributed by atoms with E-state index in [-0.39, 0.29) is 17.5 Å². The molecule has 2 N–H and O–H groups in total. The van der Waals surface area contributed by atoms with Crippen molar-refractivity contribution < 1.29 is 33.6 Å². The Kier molecular flexibility index (Phi) is 6.64. The lowest BCUT2D eigenvalue weighted by atomic mass is 9.87. The van der Waals surface area contributed by atoms with E-state index in [1.54, 1.807) is 18.2 Å². The van der Waals surface area contributed by atoms with Crippen molar-refractivity contribution in [2.45, 2.75) is 12.3 Å². The molecule has 9 heteroatoms. The second-order valence-electron chi connectivity index (χ2n) is 5.73. The molecule has 1 atom stereocenters. The fraction of sp³-hybridized carbons (Fsp3) is 0.316. The Morgan fingerprint density at radius 2 is 1.82 bits per heavy atom. The van der Waals surface area contributed by atoms with E-state index in [9.17, 15) is 19.5 Å². The monoisotopic (exact) mass is 391 g/mol. The molecule has 0 aliphatic rings. The Hall–Kier alpha value is -3.49. The minimum absolute atomic E-state index is 0.184. The Labute approximate surface area is 160 Å². The lowest BCUT2D eigenvalue weighted by Gasteiger charge is -2.21. The van der Waals surface area contributed by atoms with Crippen LogP contribution in [-0.4, -0.2) is 50.5 Å². The Morgan fingerprint density at radius 1 is 1.11 bits per heavy atom. The first-order valence-electron chi connectivity index (χ1n) is 8.19. The average molecular weight is 391 g/mol. The highest BCUT2D eigenvalue weighted by atomic mass is 16.5. The van der Waals surface area contributed by atoms with Gasteiger partial charge in [-0.15, -0.1) is 0 Å². The molecule has 1 aromatic heterocycles. The quantitative estimate of drug-likeness (QED) is 0.682. The number of benzene rings is 1. The van der Waals surface area contributed by atoms with Crippen molar-refractivity contribution >= 4 is 11.9 Å². The van der Waals surface area contributed by atoms with Crippen LogP contribution in [0.25, 0.3) is 0 Å². The molecule has 1 aromatic carbocycles. The van der Waals surface area contributed by atoms with Crippen LogP contribution >= 0.6 is 0 Å². The van der Waals surface area contributed by atoms with Crippen molar-refractivity contribution in [3.63, 3.8) is 0 Å². The molecule has 0 amide bonds. The fourth-order valence-corrected chi connectivity index (χ4v) is 2.85. The molecule has 0 bridgehead atoms. The van der Waals surface area contributed by atoms with Gasteiger partial charge in [0.25, 0.3) is 5.56 Å². The summed E-state index contributed by atoms with van der Waals surface area (Å²) in [6, 6.07) is 4.81. The molecule has 0 saturated heterocycles. The first-order chi connectivity index (χ1) is 13.4. The molecule has 2 aromatic rings. The summed E-state index contributed by atoms with van der Waals surface area (Å²) in [5.41, 5.74) is -0.662. The van der Waals surface area contributed by atoms with E-state index in [0.29, 0.717) is 17.1 Å². The molecule has 0 radical (unpaired) electrons. The van der Waals surface area contributed by atoms with Gasteiger partial charge in [-0.2, -0.15) is 0 Å². The highest BCUT2D eigenvalue weighted by Gasteiger charge is 2.30. The molecule has 1 heterocycles. The summed E-state index contributed by atoms with van der Waals surface area (Å²) in [4.78, 5) is 38.8. The first kappa shape index (κ1) is 20.8. The molecule has 0 aliphatic heterocycles. The topological polar surface area (TPSA) is 124 Å². The van der Waals surface area contributed by atoms with Gasteiger partial charge in [-0.05, 0) is 6.07 Å². The maximum atomic E-state index is 12.5. The normalized spacial score (nSPS) is 11.4. The van der Waals surface area contributed by atoms with Gasteiger partial charge in [-0.3, -0.25) is 9.59 Å². The average Bonchev–Trinajstić information content (AvgIpc) is 2.71. The van der Waals surface area contributed by atoms with E-state index in [1.165, 1.54) is 21.3 Å². The van der Waals surface area contributed by atoms with Crippen molar-refractivity contribution in [1.29, 1.82) is 0 Å². The Balaban J connectivity index is 2.74. The summed E-state index contributed by atoms with van der Waals surface area (Å²) in [6.45, 7) is 0. The number of hydrogen-bond acceptors (Lipinski definition) is 8. The number of carbonyl (C=O) groups excluding carboxylic acids is 2. The van der Waals surface area contributed by atoms with Crippen LogP contribution in [0.1, 0.15) is 33.8 Å². The second kappa shape index (κ2) is 8.94. The van der Waals surface area contributed by atoms with E-state index in [2.05, 4.69) is 9.72 Å². The smallest absolute Gasteiger partial charge is 0.343 e. The molecular weight excluding hydrogens is 370 g/mol. The summed E-state index contributed by atoms with van der Waals surface area (Å²) >= 11 is 0. The summed E-state index contributed by atoms with van der Waals surface area (Å²) in [5, 5.41) is 10.6. The van der Waals surface area contributed by atoms with Gasteiger partial charge in [0.05, 0.1) is 40.4 Å². The SMILES string of the molecule is COC(=O)C[C@H](c1ccc(OC)cc1OC)c1c(O)c(C(=O)OC)c[nH]c1=O. The molecule has 2 rings (SSSR count). The number of nitrogens with one attached hydrogen (secondary N) is 1. The first-order valence-corrected chi connectivity index (χ1v) is 8.19. The molecule has 9 nitrogen and oxygen atoms in total. The van der Waals surface area contributed by atoms with Crippen molar-refractivity contribution in [3.8, 4) is 17.2 Å². The number of H-pyrrole nitrogens is 1. The van der Waals surface area contributed by atoms with Crippen LogP contribution in [-0.2, 0) is 14.3 Å². The third kappa shape index (κ3) is 4.08. The number of esters is 2. The molecule has 0 aliphatic carbocycles. The Bertz CT molecular complexity index is 934. The minimum atomic E-state index is -0.957. The number of aromatic nitrogens is 1. The van der Waals surface area contributed by atoms with Crippen molar-refractivity contribution in [2.24, 2.45) is 0 Å². The molecule has 28 heavy (non-hydrogen) atoms. The van der Waals surface area contributed by atoms with Crippen LogP contribution in [0, 0.1) is 0 Å². The van der Waals surface area contributed by atoms with Gasteiger partial charge in [-0.25, -0.2) is 4.79 Å². The van der Waals surface area contributed by atoms with Gasteiger partial charge in [0, 0.05) is 23.7 Å². The largest absolute Gasteiger partial charge is 0.506 e. The number of pyridine rings is 1. The van der Waals surface area contributed by atoms with Crippen LogP contribution in [0.5, 0.6) is 17.2 Å². The van der Waals surface area contributed by atoms with Gasteiger partial charge in [0.15, 0.2) is 0 Å². The maximum Gasteiger partial charge on any atom is 0.343 e. The van der Waals surface area contributed by atoms with Gasteiger partial charge in [0.1, 0.15) is 22.8 Å². The molecule has 0 saturated carbocycles. The van der Waals surface area contributed by atoms with Crippen molar-refractivity contribution in [3.05, 3.63) is 51.4 Å². The van der Waals surface area contributed by atoms with E-state index in [1.807, 2.05) is 0 Å². The zero-order valence-electron chi connectivity index (χ0n) is 15.9. The summed E-state index contributed by atoms with van der Waals surface area (Å²) in [5.74, 6) is -2.17. The lowest BCUT2D eigenvalue weighted by molar-refractivity contribution is -0.140. The predicted molar refractivity (Wildman–Crippen MR) is 98.1 cm³/mol. The summed E-state index contributed by atoms with van der Waals surface area (Å²) < 4.78 is 19.9. The number of hydrogen-bond donors (Lipinski definition) is 2. The van der Waals surface area contributed by atoms with E-state index in [4.69, 9.17) is 14.2 Å². The van der Waals surface area contributed by atoms with Gasteiger partial charge in [0.2, 0.25) is 0 Å². The van der Waals surface area contributed by atoms with Crippen LogP contribution in [0.3, 0.4) is 0 Å². The number of aromatic amines is 1. The highest BCUT2D eigenvalue weighted by Crippen LogP contribution is 2.39. The van der Waals surface area contributed by atoms with Crippen LogP contribution < -0.4 is 15.0 Å². The number of methoxy groups -OCH3 is 4. The number of rotatable bonds is 7. The zero-order chi connectivity index (χ0) is 20.8. The van der Waals surface area contributed by atoms with Gasteiger partial charge in [-0.1, -0.05) is 6.07 Å². The predicted octanol–water partition coefficient (Wildman–Crippen LogP) is 1.58. The maximum absolute atomic E-state index is 12.5. The molecule has 150 valence electrons. The van der Waals surface area contributed by atoms with Crippen molar-refractivity contribution in [2.75, 3.05) is 28.4 Å².